The summed E-state index contributed by atoms with van der Waals surface area (Å²) in [5.74, 6) is -2.35. The Kier molecular flexibility index (Phi) is 5.29. The highest BCUT2D eigenvalue weighted by Gasteiger charge is 2.20. The van der Waals surface area contributed by atoms with Gasteiger partial charge in [0.2, 0.25) is 0 Å². The summed E-state index contributed by atoms with van der Waals surface area (Å²) in [5, 5.41) is 11.3. The number of hydrogen-bond donors (Lipinski definition) is 2. The first kappa shape index (κ1) is 14.9. The summed E-state index contributed by atoms with van der Waals surface area (Å²) in [6.07, 6.45) is 0. The molecule has 0 saturated heterocycles. The Bertz CT molecular complexity index is 464. The summed E-state index contributed by atoms with van der Waals surface area (Å²) < 4.78 is 17.9. The molecule has 2 unspecified atom stereocenters. The average molecular weight is 269 g/mol. The molecule has 0 saturated carbocycles. The summed E-state index contributed by atoms with van der Waals surface area (Å²) in [6.45, 7) is 2.81. The number of halogens is 1. The van der Waals surface area contributed by atoms with E-state index in [0.717, 1.165) is 6.07 Å². The molecular formula is C13H16FNO4. The number of carbonyl (C=O) groups excluding carboxylic acids is 1. The Morgan fingerprint density at radius 2 is 2.11 bits per heavy atom. The first-order valence-electron chi connectivity index (χ1n) is 5.80. The lowest BCUT2D eigenvalue weighted by molar-refractivity contribution is -0.142. The minimum Gasteiger partial charge on any atom is -0.484 e. The van der Waals surface area contributed by atoms with E-state index in [-0.39, 0.29) is 12.4 Å². The zero-order valence-electron chi connectivity index (χ0n) is 10.7. The molecule has 0 radical (unpaired) electrons. The Morgan fingerprint density at radius 3 is 2.68 bits per heavy atom. The standard InChI is InChI=1S/C13H16FNO4/c1-8(13(17)18)9(2)15-12(16)7-19-11-5-3-4-10(14)6-11/h3-6,8-9H,7H2,1-2H3,(H,15,16)(H,17,18). The van der Waals surface area contributed by atoms with E-state index in [2.05, 4.69) is 5.32 Å². The fourth-order valence-corrected chi connectivity index (χ4v) is 1.34. The van der Waals surface area contributed by atoms with Crippen molar-refractivity contribution >= 4 is 11.9 Å². The van der Waals surface area contributed by atoms with Crippen LogP contribution in [0.1, 0.15) is 13.8 Å². The number of carboxylic acids is 1. The molecule has 0 heterocycles. The molecule has 0 aromatic heterocycles. The molecule has 6 heteroatoms. The Balaban J connectivity index is 2.42. The summed E-state index contributed by atoms with van der Waals surface area (Å²) in [4.78, 5) is 22.2. The highest BCUT2D eigenvalue weighted by atomic mass is 19.1. The summed E-state index contributed by atoms with van der Waals surface area (Å²) in [7, 11) is 0. The second-order valence-electron chi connectivity index (χ2n) is 4.23. The van der Waals surface area contributed by atoms with E-state index in [1.807, 2.05) is 0 Å². The van der Waals surface area contributed by atoms with Crippen LogP contribution in [0, 0.1) is 11.7 Å². The number of amides is 1. The van der Waals surface area contributed by atoms with E-state index in [1.54, 1.807) is 6.92 Å². The minimum atomic E-state index is -0.987. The molecule has 2 N–H and O–H groups in total. The predicted octanol–water partition coefficient (Wildman–Crippen LogP) is 1.43. The first-order chi connectivity index (χ1) is 8.90. The van der Waals surface area contributed by atoms with Crippen molar-refractivity contribution in [1.82, 2.24) is 5.32 Å². The van der Waals surface area contributed by atoms with E-state index in [4.69, 9.17) is 9.84 Å². The topological polar surface area (TPSA) is 75.6 Å². The van der Waals surface area contributed by atoms with Crippen LogP contribution in [0.3, 0.4) is 0 Å². The number of aliphatic carboxylic acids is 1. The van der Waals surface area contributed by atoms with Crippen LogP contribution < -0.4 is 10.1 Å². The SMILES string of the molecule is CC(NC(=O)COc1cccc(F)c1)C(C)C(=O)O. The van der Waals surface area contributed by atoms with Crippen LogP contribution in [0.2, 0.25) is 0 Å². The van der Waals surface area contributed by atoms with E-state index < -0.39 is 29.7 Å². The maximum Gasteiger partial charge on any atom is 0.308 e. The fraction of sp³-hybridized carbons (Fsp3) is 0.385. The van der Waals surface area contributed by atoms with Gasteiger partial charge in [0.25, 0.3) is 5.91 Å². The van der Waals surface area contributed by atoms with Crippen LogP contribution in [0.15, 0.2) is 24.3 Å². The van der Waals surface area contributed by atoms with Crippen molar-refractivity contribution in [1.29, 1.82) is 0 Å². The van der Waals surface area contributed by atoms with Gasteiger partial charge >= 0.3 is 5.97 Å². The zero-order chi connectivity index (χ0) is 14.4. The Hall–Kier alpha value is -2.11. The van der Waals surface area contributed by atoms with Crippen LogP contribution >= 0.6 is 0 Å². The quantitative estimate of drug-likeness (QED) is 0.819. The highest BCUT2D eigenvalue weighted by Crippen LogP contribution is 2.11. The van der Waals surface area contributed by atoms with Gasteiger partial charge in [-0.25, -0.2) is 4.39 Å². The van der Waals surface area contributed by atoms with Gasteiger partial charge in [0.1, 0.15) is 11.6 Å². The van der Waals surface area contributed by atoms with Crippen molar-refractivity contribution in [2.24, 2.45) is 5.92 Å². The van der Waals surface area contributed by atoms with E-state index >= 15 is 0 Å². The number of benzene rings is 1. The maximum atomic E-state index is 12.9. The lowest BCUT2D eigenvalue weighted by Crippen LogP contribution is -2.42. The van der Waals surface area contributed by atoms with E-state index in [9.17, 15) is 14.0 Å². The van der Waals surface area contributed by atoms with Crippen LogP contribution in [-0.4, -0.2) is 29.6 Å². The number of carbonyl (C=O) groups is 2. The van der Waals surface area contributed by atoms with Crippen LogP contribution in [0.25, 0.3) is 0 Å². The van der Waals surface area contributed by atoms with Crippen molar-refractivity contribution in [2.75, 3.05) is 6.61 Å². The minimum absolute atomic E-state index is 0.245. The lowest BCUT2D eigenvalue weighted by atomic mass is 10.0. The lowest BCUT2D eigenvalue weighted by Gasteiger charge is -2.17. The van der Waals surface area contributed by atoms with Gasteiger partial charge in [-0.3, -0.25) is 9.59 Å². The third-order valence-corrected chi connectivity index (χ3v) is 2.69. The summed E-state index contributed by atoms with van der Waals surface area (Å²) in [5.41, 5.74) is 0. The molecule has 2 atom stereocenters. The molecular weight excluding hydrogens is 253 g/mol. The smallest absolute Gasteiger partial charge is 0.308 e. The van der Waals surface area contributed by atoms with Crippen LogP contribution in [0.5, 0.6) is 5.75 Å². The molecule has 19 heavy (non-hydrogen) atoms. The largest absolute Gasteiger partial charge is 0.484 e. The molecule has 1 aromatic carbocycles. The average Bonchev–Trinajstić information content (AvgIpc) is 2.35. The number of rotatable bonds is 6. The van der Waals surface area contributed by atoms with Crippen molar-refractivity contribution in [2.45, 2.75) is 19.9 Å². The number of ether oxygens (including phenoxy) is 1. The van der Waals surface area contributed by atoms with Gasteiger partial charge in [0.15, 0.2) is 6.61 Å². The van der Waals surface area contributed by atoms with Gasteiger partial charge in [-0.05, 0) is 26.0 Å². The van der Waals surface area contributed by atoms with Crippen molar-refractivity contribution in [3.8, 4) is 5.75 Å². The molecule has 0 bridgehead atoms. The third-order valence-electron chi connectivity index (χ3n) is 2.69. The number of hydrogen-bond acceptors (Lipinski definition) is 3. The van der Waals surface area contributed by atoms with E-state index in [1.165, 1.54) is 25.1 Å². The van der Waals surface area contributed by atoms with Crippen molar-refractivity contribution in [3.05, 3.63) is 30.1 Å². The fourth-order valence-electron chi connectivity index (χ4n) is 1.34. The Labute approximate surface area is 110 Å². The maximum absolute atomic E-state index is 12.9. The number of nitrogens with one attached hydrogen (secondary N) is 1. The van der Waals surface area contributed by atoms with Gasteiger partial charge < -0.3 is 15.2 Å². The zero-order valence-corrected chi connectivity index (χ0v) is 10.7. The molecule has 1 aromatic rings. The van der Waals surface area contributed by atoms with Gasteiger partial charge in [0, 0.05) is 12.1 Å². The molecule has 104 valence electrons. The second-order valence-corrected chi connectivity index (χ2v) is 4.23. The third kappa shape index (κ3) is 4.95. The molecule has 5 nitrogen and oxygen atoms in total. The van der Waals surface area contributed by atoms with Crippen molar-refractivity contribution < 1.29 is 23.8 Å². The first-order valence-corrected chi connectivity index (χ1v) is 5.80. The molecule has 1 rings (SSSR count). The summed E-state index contributed by atoms with van der Waals surface area (Å²) >= 11 is 0. The summed E-state index contributed by atoms with van der Waals surface area (Å²) in [6, 6.07) is 4.92. The van der Waals surface area contributed by atoms with Gasteiger partial charge in [0.05, 0.1) is 5.92 Å². The molecule has 0 fully saturated rings. The second kappa shape index (κ2) is 6.72. The van der Waals surface area contributed by atoms with Gasteiger partial charge in [-0.15, -0.1) is 0 Å². The Morgan fingerprint density at radius 1 is 1.42 bits per heavy atom. The van der Waals surface area contributed by atoms with Crippen LogP contribution in [-0.2, 0) is 9.59 Å². The highest BCUT2D eigenvalue weighted by molar-refractivity contribution is 5.79. The van der Waals surface area contributed by atoms with Gasteiger partial charge in [-0.2, -0.15) is 0 Å². The molecule has 0 spiro atoms. The molecule has 0 aliphatic heterocycles. The predicted molar refractivity (Wildman–Crippen MR) is 66.3 cm³/mol. The molecule has 0 aliphatic carbocycles. The molecule has 0 aliphatic rings. The van der Waals surface area contributed by atoms with E-state index in [0.29, 0.717) is 0 Å². The van der Waals surface area contributed by atoms with Crippen LogP contribution in [0.4, 0.5) is 4.39 Å². The van der Waals surface area contributed by atoms with Crippen molar-refractivity contribution in [3.63, 3.8) is 0 Å². The molecule has 1 amide bonds. The number of carboxylic acid groups (broad SMARTS) is 1. The monoisotopic (exact) mass is 269 g/mol. The van der Waals surface area contributed by atoms with Gasteiger partial charge in [-0.1, -0.05) is 6.07 Å². The normalized spacial score (nSPS) is 13.4.